The van der Waals surface area contributed by atoms with Gasteiger partial charge in [-0.1, -0.05) is 24.3 Å². The summed E-state index contributed by atoms with van der Waals surface area (Å²) in [4.78, 5) is 24.2. The van der Waals surface area contributed by atoms with E-state index in [1.54, 1.807) is 30.5 Å². The number of esters is 1. The fourth-order valence-electron chi connectivity index (χ4n) is 2.64. The Morgan fingerprint density at radius 1 is 1.12 bits per heavy atom. The van der Waals surface area contributed by atoms with E-state index >= 15 is 0 Å². The Balaban J connectivity index is 1.74. The first-order chi connectivity index (χ1) is 12.6. The molecular weight excluding hydrogens is 334 g/mol. The number of furan rings is 1. The largest absolute Gasteiger partial charge is 0.483 e. The molecule has 3 rings (SSSR count). The fraction of sp³-hybridized carbons (Fsp3) is 0.200. The molecule has 6 nitrogen and oxygen atoms in total. The number of carbonyl (C=O) groups is 2. The van der Waals surface area contributed by atoms with Gasteiger partial charge in [0.2, 0.25) is 0 Å². The molecule has 0 spiro atoms. The zero-order chi connectivity index (χ0) is 18.5. The van der Waals surface area contributed by atoms with Crippen molar-refractivity contribution in [3.8, 4) is 5.75 Å². The van der Waals surface area contributed by atoms with Crippen LogP contribution in [0.3, 0.4) is 0 Å². The molecule has 0 unspecified atom stereocenters. The molecule has 0 saturated carbocycles. The van der Waals surface area contributed by atoms with Crippen LogP contribution in [-0.4, -0.2) is 25.6 Å². The highest BCUT2D eigenvalue weighted by atomic mass is 16.5. The maximum Gasteiger partial charge on any atom is 0.341 e. The molecule has 134 valence electrons. The van der Waals surface area contributed by atoms with Crippen molar-refractivity contribution in [2.75, 3.05) is 13.7 Å². The highest BCUT2D eigenvalue weighted by Gasteiger charge is 2.17. The minimum Gasteiger partial charge on any atom is -0.483 e. The summed E-state index contributed by atoms with van der Waals surface area (Å²) >= 11 is 0. The van der Waals surface area contributed by atoms with E-state index in [9.17, 15) is 9.59 Å². The predicted octanol–water partition coefficient (Wildman–Crippen LogP) is 3.48. The van der Waals surface area contributed by atoms with Gasteiger partial charge >= 0.3 is 5.97 Å². The van der Waals surface area contributed by atoms with Gasteiger partial charge in [0.1, 0.15) is 17.1 Å². The normalized spacial score (nSPS) is 11.8. The number of carbonyl (C=O) groups excluding carboxylic acids is 2. The zero-order valence-electron chi connectivity index (χ0n) is 14.5. The van der Waals surface area contributed by atoms with Crippen LogP contribution in [0, 0.1) is 0 Å². The molecule has 1 N–H and O–H groups in total. The average molecular weight is 353 g/mol. The van der Waals surface area contributed by atoms with Crippen molar-refractivity contribution in [2.45, 2.75) is 13.0 Å². The molecule has 1 amide bonds. The van der Waals surface area contributed by atoms with Crippen LogP contribution >= 0.6 is 0 Å². The Bertz CT molecular complexity index is 917. The van der Waals surface area contributed by atoms with Gasteiger partial charge in [0.15, 0.2) is 6.61 Å². The number of hydrogen-bond acceptors (Lipinski definition) is 5. The van der Waals surface area contributed by atoms with Crippen molar-refractivity contribution < 1.29 is 23.5 Å². The highest BCUT2D eigenvalue weighted by Crippen LogP contribution is 2.27. The Hall–Kier alpha value is -3.28. The quantitative estimate of drug-likeness (QED) is 0.687. The lowest BCUT2D eigenvalue weighted by Crippen LogP contribution is -2.31. The first-order valence-electron chi connectivity index (χ1n) is 8.15. The number of nitrogens with one attached hydrogen (secondary N) is 1. The van der Waals surface area contributed by atoms with Crippen molar-refractivity contribution in [1.29, 1.82) is 0 Å². The number of benzene rings is 2. The van der Waals surface area contributed by atoms with Gasteiger partial charge in [0.25, 0.3) is 5.91 Å². The molecule has 0 aliphatic heterocycles. The number of fused-ring (bicyclic) bond motifs is 1. The summed E-state index contributed by atoms with van der Waals surface area (Å²) in [5, 5.41) is 4.57. The minimum atomic E-state index is -0.518. The average Bonchev–Trinajstić information content (AvgIpc) is 3.20. The Morgan fingerprint density at radius 3 is 2.50 bits per heavy atom. The lowest BCUT2D eigenvalue weighted by Gasteiger charge is -2.14. The van der Waals surface area contributed by atoms with Crippen molar-refractivity contribution in [3.63, 3.8) is 0 Å². The molecule has 3 aromatic rings. The molecule has 0 saturated heterocycles. The molecular formula is C20H19NO5. The van der Waals surface area contributed by atoms with E-state index in [2.05, 4.69) is 5.32 Å². The number of hydrogen-bond donors (Lipinski definition) is 1. The van der Waals surface area contributed by atoms with Crippen LogP contribution in [-0.2, 0) is 9.53 Å². The molecule has 0 radical (unpaired) electrons. The third kappa shape index (κ3) is 3.85. The first-order valence-corrected chi connectivity index (χ1v) is 8.15. The summed E-state index contributed by atoms with van der Waals surface area (Å²) in [6.07, 6.45) is 1.55. The molecule has 0 aliphatic rings. The van der Waals surface area contributed by atoms with Gasteiger partial charge in [-0.3, -0.25) is 4.79 Å². The van der Waals surface area contributed by atoms with Crippen LogP contribution in [0.5, 0.6) is 5.75 Å². The SMILES string of the molecule is COC(=O)c1cc2ccccc2cc1OCC(=O)N[C@@H](C)c1ccco1. The van der Waals surface area contributed by atoms with Crippen molar-refractivity contribution in [2.24, 2.45) is 0 Å². The number of amides is 1. The van der Waals surface area contributed by atoms with Crippen LogP contribution < -0.4 is 10.1 Å². The fourth-order valence-corrected chi connectivity index (χ4v) is 2.64. The van der Waals surface area contributed by atoms with Crippen LogP contribution in [0.1, 0.15) is 29.1 Å². The third-order valence-electron chi connectivity index (χ3n) is 3.96. The third-order valence-corrected chi connectivity index (χ3v) is 3.96. The van der Waals surface area contributed by atoms with E-state index < -0.39 is 5.97 Å². The number of ether oxygens (including phenoxy) is 2. The molecule has 6 heteroatoms. The summed E-state index contributed by atoms with van der Waals surface area (Å²) in [5.41, 5.74) is 0.276. The molecule has 1 atom stereocenters. The predicted molar refractivity (Wildman–Crippen MR) is 96.0 cm³/mol. The molecule has 0 bridgehead atoms. The van der Waals surface area contributed by atoms with Crippen molar-refractivity contribution >= 4 is 22.6 Å². The van der Waals surface area contributed by atoms with Gasteiger partial charge in [-0.05, 0) is 42.0 Å². The maximum atomic E-state index is 12.1. The lowest BCUT2D eigenvalue weighted by molar-refractivity contribution is -0.123. The molecule has 0 fully saturated rings. The Labute approximate surface area is 150 Å². The summed E-state index contributed by atoms with van der Waals surface area (Å²) in [7, 11) is 1.30. The molecule has 26 heavy (non-hydrogen) atoms. The van der Waals surface area contributed by atoms with E-state index in [-0.39, 0.29) is 24.1 Å². The van der Waals surface area contributed by atoms with Gasteiger partial charge in [-0.25, -0.2) is 4.79 Å². The lowest BCUT2D eigenvalue weighted by atomic mass is 10.1. The van der Waals surface area contributed by atoms with E-state index in [0.29, 0.717) is 11.5 Å². The topological polar surface area (TPSA) is 77.8 Å². The van der Waals surface area contributed by atoms with Gasteiger partial charge in [0, 0.05) is 0 Å². The summed E-state index contributed by atoms with van der Waals surface area (Å²) in [6, 6.07) is 14.3. The standard InChI is InChI=1S/C20H19NO5/c1-13(17-8-5-9-25-17)21-19(22)12-26-18-11-15-7-4-3-6-14(15)10-16(18)20(23)24-2/h3-11,13H,12H2,1-2H3,(H,21,22)/t13-/m0/s1. The van der Waals surface area contributed by atoms with E-state index in [1.165, 1.54) is 7.11 Å². The first kappa shape index (κ1) is 17.5. The molecule has 1 heterocycles. The maximum absolute atomic E-state index is 12.1. The molecule has 1 aromatic heterocycles. The van der Waals surface area contributed by atoms with E-state index in [0.717, 1.165) is 10.8 Å². The smallest absolute Gasteiger partial charge is 0.341 e. The molecule has 0 aliphatic carbocycles. The second kappa shape index (κ2) is 7.74. The monoisotopic (exact) mass is 353 g/mol. The van der Waals surface area contributed by atoms with Crippen LogP contribution in [0.2, 0.25) is 0 Å². The Morgan fingerprint density at radius 2 is 1.85 bits per heavy atom. The van der Waals surface area contributed by atoms with Crippen molar-refractivity contribution in [1.82, 2.24) is 5.32 Å². The van der Waals surface area contributed by atoms with E-state index in [4.69, 9.17) is 13.9 Å². The second-order valence-corrected chi connectivity index (χ2v) is 5.78. The Kier molecular flexibility index (Phi) is 5.22. The number of methoxy groups -OCH3 is 1. The summed E-state index contributed by atoms with van der Waals surface area (Å²) in [5.74, 6) is 0.114. The summed E-state index contributed by atoms with van der Waals surface area (Å²) in [6.45, 7) is 1.58. The van der Waals surface area contributed by atoms with Crippen LogP contribution in [0.15, 0.2) is 59.2 Å². The van der Waals surface area contributed by atoms with Crippen molar-refractivity contribution in [3.05, 3.63) is 66.1 Å². The summed E-state index contributed by atoms with van der Waals surface area (Å²) < 4.78 is 15.7. The van der Waals surface area contributed by atoms with Gasteiger partial charge in [0.05, 0.1) is 19.4 Å². The second-order valence-electron chi connectivity index (χ2n) is 5.78. The van der Waals surface area contributed by atoms with Crippen LogP contribution in [0.4, 0.5) is 0 Å². The molecule has 2 aromatic carbocycles. The zero-order valence-corrected chi connectivity index (χ0v) is 14.5. The van der Waals surface area contributed by atoms with Gasteiger partial charge in [-0.15, -0.1) is 0 Å². The number of rotatable bonds is 6. The minimum absolute atomic E-state index is 0.229. The highest BCUT2D eigenvalue weighted by molar-refractivity contribution is 5.98. The van der Waals surface area contributed by atoms with Gasteiger partial charge < -0.3 is 19.2 Å². The van der Waals surface area contributed by atoms with Gasteiger partial charge in [-0.2, -0.15) is 0 Å². The van der Waals surface area contributed by atoms with E-state index in [1.807, 2.05) is 31.2 Å². The van der Waals surface area contributed by atoms with Crippen LogP contribution in [0.25, 0.3) is 10.8 Å².